The minimum Gasteiger partial charge on any atom is -0.274 e. The average molecular weight is 208 g/mol. The van der Waals surface area contributed by atoms with Crippen LogP contribution in [0.4, 0.5) is 0 Å². The van der Waals surface area contributed by atoms with Crippen molar-refractivity contribution in [1.29, 1.82) is 0 Å². The first-order valence-electron chi connectivity index (χ1n) is 6.42. The van der Waals surface area contributed by atoms with E-state index in [-0.39, 0.29) is 0 Å². The van der Waals surface area contributed by atoms with Crippen molar-refractivity contribution in [3.05, 3.63) is 6.67 Å². The maximum Gasteiger partial charge on any atom is 0.147 e. The van der Waals surface area contributed by atoms with E-state index in [2.05, 4.69) is 44.2 Å². The van der Waals surface area contributed by atoms with Gasteiger partial charge in [-0.3, -0.25) is 9.80 Å². The molecule has 2 fully saturated rings. The summed E-state index contributed by atoms with van der Waals surface area (Å²) in [4.78, 5) is 4.89. The summed E-state index contributed by atoms with van der Waals surface area (Å²) < 4.78 is 0. The summed E-state index contributed by atoms with van der Waals surface area (Å²) in [6, 6.07) is 2.72. The third kappa shape index (κ3) is 2.21. The summed E-state index contributed by atoms with van der Waals surface area (Å²) in [5.74, 6) is 0. The van der Waals surface area contributed by atoms with Crippen molar-refractivity contribution in [2.75, 3.05) is 0 Å². The minimum atomic E-state index is 0.681. The fourth-order valence-electron chi connectivity index (χ4n) is 2.92. The van der Waals surface area contributed by atoms with Crippen molar-refractivity contribution in [3.63, 3.8) is 0 Å². The van der Waals surface area contributed by atoms with Crippen LogP contribution in [-0.2, 0) is 0 Å². The molecule has 2 nitrogen and oxygen atoms in total. The molecule has 2 heterocycles. The highest BCUT2D eigenvalue weighted by Gasteiger charge is 2.35. The summed E-state index contributed by atoms with van der Waals surface area (Å²) in [7, 11) is 0. The normalized spacial score (nSPS) is 44.0. The van der Waals surface area contributed by atoms with E-state index in [1.807, 2.05) is 0 Å². The molecular weight excluding hydrogens is 184 g/mol. The summed E-state index contributed by atoms with van der Waals surface area (Å²) in [6.45, 7) is 12.9. The van der Waals surface area contributed by atoms with Crippen LogP contribution in [0.1, 0.15) is 53.4 Å². The van der Waals surface area contributed by atoms with Gasteiger partial charge in [0.05, 0.1) is 0 Å². The van der Waals surface area contributed by atoms with Crippen molar-refractivity contribution in [1.82, 2.24) is 9.80 Å². The van der Waals surface area contributed by atoms with Gasteiger partial charge in [-0.25, -0.2) is 0 Å². The Bertz CT molecular complexity index is 175. The zero-order valence-corrected chi connectivity index (χ0v) is 10.5. The first-order valence-corrected chi connectivity index (χ1v) is 6.42. The SMILES string of the molecule is C[C@@H]1CC[C@@H](C)N1[C]N1[C@H](C)CC[C@H]1C. The Balaban J connectivity index is 1.95. The fourth-order valence-corrected chi connectivity index (χ4v) is 2.92. The van der Waals surface area contributed by atoms with Gasteiger partial charge >= 0.3 is 0 Å². The van der Waals surface area contributed by atoms with Crippen molar-refractivity contribution < 1.29 is 0 Å². The van der Waals surface area contributed by atoms with Crippen LogP contribution in [-0.4, -0.2) is 34.0 Å². The van der Waals surface area contributed by atoms with Gasteiger partial charge < -0.3 is 0 Å². The molecule has 15 heavy (non-hydrogen) atoms. The van der Waals surface area contributed by atoms with Crippen LogP contribution >= 0.6 is 0 Å². The second kappa shape index (κ2) is 4.42. The van der Waals surface area contributed by atoms with E-state index < -0.39 is 0 Å². The lowest BCUT2D eigenvalue weighted by atomic mass is 10.2. The first kappa shape index (κ1) is 11.4. The number of nitrogens with zero attached hydrogens (tertiary/aromatic N) is 2. The van der Waals surface area contributed by atoms with Crippen molar-refractivity contribution in [3.8, 4) is 0 Å². The predicted octanol–water partition coefficient (Wildman–Crippen LogP) is 2.73. The highest BCUT2D eigenvalue weighted by atomic mass is 15.4. The molecule has 0 bridgehead atoms. The van der Waals surface area contributed by atoms with Gasteiger partial charge in [0.15, 0.2) is 0 Å². The van der Waals surface area contributed by atoms with Gasteiger partial charge in [-0.15, -0.1) is 0 Å². The number of hydrogen-bond acceptors (Lipinski definition) is 2. The molecule has 0 aromatic carbocycles. The number of rotatable bonds is 2. The smallest absolute Gasteiger partial charge is 0.147 e. The van der Waals surface area contributed by atoms with Gasteiger partial charge in [0, 0.05) is 24.2 Å². The third-order valence-corrected chi connectivity index (χ3v) is 4.13. The molecule has 0 aromatic rings. The van der Waals surface area contributed by atoms with Crippen LogP contribution in [0.3, 0.4) is 0 Å². The quantitative estimate of drug-likeness (QED) is 0.688. The lowest BCUT2D eigenvalue weighted by Gasteiger charge is -2.33. The molecule has 0 unspecified atom stereocenters. The summed E-state index contributed by atoms with van der Waals surface area (Å²) in [6.07, 6.45) is 5.30. The van der Waals surface area contributed by atoms with Crippen LogP contribution < -0.4 is 0 Å². The summed E-state index contributed by atoms with van der Waals surface area (Å²) in [5.41, 5.74) is 0. The van der Waals surface area contributed by atoms with E-state index in [4.69, 9.17) is 0 Å². The van der Waals surface area contributed by atoms with Crippen molar-refractivity contribution >= 4 is 0 Å². The van der Waals surface area contributed by atoms with Crippen LogP contribution in [0, 0.1) is 6.67 Å². The maximum atomic E-state index is 3.64. The molecule has 2 heteroatoms. The van der Waals surface area contributed by atoms with Gasteiger partial charge in [-0.05, 0) is 53.4 Å². The molecule has 2 rings (SSSR count). The number of hydrogen-bond donors (Lipinski definition) is 0. The molecule has 2 aliphatic heterocycles. The molecular formula is C13H24N2. The predicted molar refractivity (Wildman–Crippen MR) is 63.2 cm³/mol. The fraction of sp³-hybridized carbons (Fsp3) is 0.923. The molecule has 0 amide bonds. The Morgan fingerprint density at radius 2 is 0.933 bits per heavy atom. The van der Waals surface area contributed by atoms with E-state index in [0.29, 0.717) is 24.2 Å². The molecule has 86 valence electrons. The molecule has 2 radical (unpaired) electrons. The molecule has 4 atom stereocenters. The lowest BCUT2D eigenvalue weighted by molar-refractivity contribution is 0.134. The Kier molecular flexibility index (Phi) is 3.36. The van der Waals surface area contributed by atoms with E-state index in [9.17, 15) is 0 Å². The number of likely N-dealkylation sites (tertiary alicyclic amines) is 2. The monoisotopic (exact) mass is 208 g/mol. The molecule has 0 N–H and O–H groups in total. The molecule has 2 saturated heterocycles. The second-order valence-electron chi connectivity index (χ2n) is 5.47. The van der Waals surface area contributed by atoms with Gasteiger partial charge in [-0.2, -0.15) is 0 Å². The highest BCUT2D eigenvalue weighted by Crippen LogP contribution is 2.31. The zero-order chi connectivity index (χ0) is 11.0. The van der Waals surface area contributed by atoms with Gasteiger partial charge in [0.25, 0.3) is 0 Å². The van der Waals surface area contributed by atoms with Crippen LogP contribution in [0.25, 0.3) is 0 Å². The molecule has 0 spiro atoms. The molecule has 0 aromatic heterocycles. The third-order valence-electron chi connectivity index (χ3n) is 4.13. The van der Waals surface area contributed by atoms with Crippen molar-refractivity contribution in [2.24, 2.45) is 0 Å². The Morgan fingerprint density at radius 3 is 1.20 bits per heavy atom. The standard InChI is InChI=1S/C13H24N2/c1-10-5-6-11(2)14(10)9-15-12(3)7-8-13(15)4/h10-13H,5-8H2,1-4H3/t10-,11-,12-,13-/m1/s1. The van der Waals surface area contributed by atoms with Crippen molar-refractivity contribution in [2.45, 2.75) is 77.5 Å². The van der Waals surface area contributed by atoms with E-state index in [1.54, 1.807) is 0 Å². The summed E-state index contributed by atoms with van der Waals surface area (Å²) >= 11 is 0. The molecule has 2 aliphatic rings. The van der Waals surface area contributed by atoms with E-state index in [0.717, 1.165) is 0 Å². The van der Waals surface area contributed by atoms with Gasteiger partial charge in [0.1, 0.15) is 6.67 Å². The molecule has 0 saturated carbocycles. The van der Waals surface area contributed by atoms with Crippen LogP contribution in [0.5, 0.6) is 0 Å². The van der Waals surface area contributed by atoms with Crippen LogP contribution in [0.2, 0.25) is 0 Å². The minimum absolute atomic E-state index is 0.681. The largest absolute Gasteiger partial charge is 0.274 e. The van der Waals surface area contributed by atoms with Gasteiger partial charge in [0.2, 0.25) is 0 Å². The zero-order valence-electron chi connectivity index (χ0n) is 10.5. The summed E-state index contributed by atoms with van der Waals surface area (Å²) in [5, 5.41) is 0. The van der Waals surface area contributed by atoms with E-state index in [1.165, 1.54) is 25.7 Å². The highest BCUT2D eigenvalue weighted by molar-refractivity contribution is 4.93. The average Bonchev–Trinajstić information content (AvgIpc) is 2.67. The lowest BCUT2D eigenvalue weighted by Crippen LogP contribution is -2.42. The van der Waals surface area contributed by atoms with E-state index >= 15 is 0 Å². The first-order chi connectivity index (χ1) is 7.09. The van der Waals surface area contributed by atoms with Gasteiger partial charge in [-0.1, -0.05) is 0 Å². The second-order valence-corrected chi connectivity index (χ2v) is 5.47. The maximum absolute atomic E-state index is 3.64. The Hall–Kier alpha value is -0.0800. The van der Waals surface area contributed by atoms with Crippen LogP contribution in [0.15, 0.2) is 0 Å². The Labute approximate surface area is 94.6 Å². The molecule has 0 aliphatic carbocycles. The topological polar surface area (TPSA) is 6.48 Å². The Morgan fingerprint density at radius 1 is 0.667 bits per heavy atom.